The quantitative estimate of drug-likeness (QED) is 0.719. The van der Waals surface area contributed by atoms with Crippen LogP contribution in [0.3, 0.4) is 0 Å². The molecule has 1 aromatic heterocycles. The van der Waals surface area contributed by atoms with Gasteiger partial charge >= 0.3 is 0 Å². The first-order valence-electron chi connectivity index (χ1n) is 6.85. The van der Waals surface area contributed by atoms with Gasteiger partial charge in [0.25, 0.3) is 5.56 Å². The van der Waals surface area contributed by atoms with Crippen LogP contribution >= 0.6 is 0 Å². The minimum Gasteiger partial charge on any atom is -0.268 e. The highest BCUT2D eigenvalue weighted by Crippen LogP contribution is 2.18. The van der Waals surface area contributed by atoms with Crippen LogP contribution in [-0.4, -0.2) is 9.55 Å². The second-order valence-corrected chi connectivity index (χ2v) is 5.26. The maximum atomic E-state index is 13.1. The molecule has 0 N–H and O–H groups in total. The number of hydrogen-bond acceptors (Lipinski definition) is 2. The highest BCUT2D eigenvalue weighted by molar-refractivity contribution is 5.77. The Balaban J connectivity index is 2.39. The van der Waals surface area contributed by atoms with Gasteiger partial charge < -0.3 is 0 Å². The highest BCUT2D eigenvalue weighted by atomic mass is 19.1. The first-order valence-corrected chi connectivity index (χ1v) is 6.85. The fourth-order valence-electron chi connectivity index (χ4n) is 2.38. The molecule has 0 saturated heterocycles. The molecular formula is C17H15FN2O. The number of halogens is 1. The van der Waals surface area contributed by atoms with E-state index >= 15 is 0 Å². The molecule has 0 amide bonds. The number of para-hydroxylation sites is 1. The van der Waals surface area contributed by atoms with E-state index in [-0.39, 0.29) is 17.3 Å². The molecule has 3 nitrogen and oxygen atoms in total. The molecule has 0 unspecified atom stereocenters. The molecule has 0 aliphatic heterocycles. The van der Waals surface area contributed by atoms with Crippen molar-refractivity contribution in [3.63, 3.8) is 0 Å². The number of fused-ring (bicyclic) bond motifs is 1. The third-order valence-electron chi connectivity index (χ3n) is 3.40. The smallest absolute Gasteiger partial charge is 0.265 e. The summed E-state index contributed by atoms with van der Waals surface area (Å²) < 4.78 is 14.7. The molecule has 4 heteroatoms. The van der Waals surface area contributed by atoms with Crippen LogP contribution in [0.1, 0.15) is 25.6 Å². The maximum absolute atomic E-state index is 13.1. The Labute approximate surface area is 121 Å². The Morgan fingerprint density at radius 3 is 2.38 bits per heavy atom. The topological polar surface area (TPSA) is 34.9 Å². The van der Waals surface area contributed by atoms with Gasteiger partial charge in [0.1, 0.15) is 11.6 Å². The lowest BCUT2D eigenvalue weighted by molar-refractivity contribution is 0.626. The fraction of sp³-hybridized carbons (Fsp3) is 0.176. The third-order valence-corrected chi connectivity index (χ3v) is 3.40. The summed E-state index contributed by atoms with van der Waals surface area (Å²) in [5.74, 6) is 0.421. The largest absolute Gasteiger partial charge is 0.268 e. The third kappa shape index (κ3) is 2.33. The van der Waals surface area contributed by atoms with Crippen molar-refractivity contribution in [2.24, 2.45) is 0 Å². The Morgan fingerprint density at radius 2 is 1.71 bits per heavy atom. The molecule has 1 heterocycles. The first-order chi connectivity index (χ1) is 10.1. The fourth-order valence-corrected chi connectivity index (χ4v) is 2.38. The van der Waals surface area contributed by atoms with E-state index < -0.39 is 0 Å². The zero-order valence-corrected chi connectivity index (χ0v) is 11.9. The lowest BCUT2D eigenvalue weighted by atomic mass is 10.1. The summed E-state index contributed by atoms with van der Waals surface area (Å²) in [5, 5.41) is 0.561. The van der Waals surface area contributed by atoms with Crippen LogP contribution < -0.4 is 5.56 Å². The summed E-state index contributed by atoms with van der Waals surface area (Å²) >= 11 is 0. The van der Waals surface area contributed by atoms with Crippen molar-refractivity contribution in [3.05, 3.63) is 70.5 Å². The van der Waals surface area contributed by atoms with Crippen molar-refractivity contribution >= 4 is 10.9 Å². The van der Waals surface area contributed by atoms with Gasteiger partial charge in [-0.2, -0.15) is 0 Å². The predicted molar refractivity (Wildman–Crippen MR) is 81.4 cm³/mol. The first kappa shape index (κ1) is 13.5. The minimum absolute atomic E-state index is 0.0763. The summed E-state index contributed by atoms with van der Waals surface area (Å²) in [6.45, 7) is 3.97. The van der Waals surface area contributed by atoms with Crippen molar-refractivity contribution in [2.45, 2.75) is 19.8 Å². The number of rotatable bonds is 2. The second kappa shape index (κ2) is 5.13. The predicted octanol–water partition coefficient (Wildman–Crippen LogP) is 3.65. The average molecular weight is 282 g/mol. The van der Waals surface area contributed by atoms with Gasteiger partial charge in [-0.1, -0.05) is 26.0 Å². The molecule has 3 aromatic rings. The molecule has 0 saturated carbocycles. The second-order valence-electron chi connectivity index (χ2n) is 5.26. The number of aromatic nitrogens is 2. The summed E-state index contributed by atoms with van der Waals surface area (Å²) in [6, 6.07) is 13.2. The van der Waals surface area contributed by atoms with Crippen LogP contribution in [0.5, 0.6) is 0 Å². The van der Waals surface area contributed by atoms with Gasteiger partial charge in [0.15, 0.2) is 0 Å². The molecule has 3 rings (SSSR count). The van der Waals surface area contributed by atoms with Crippen LogP contribution in [0.25, 0.3) is 16.6 Å². The SMILES string of the molecule is CC(C)c1nc2ccccc2c(=O)n1-c1ccc(F)cc1. The van der Waals surface area contributed by atoms with E-state index in [0.717, 1.165) is 0 Å². The Kier molecular flexibility index (Phi) is 3.29. The molecule has 0 aliphatic rings. The molecule has 0 fully saturated rings. The van der Waals surface area contributed by atoms with E-state index in [0.29, 0.717) is 22.4 Å². The Hall–Kier alpha value is -2.49. The van der Waals surface area contributed by atoms with E-state index in [1.165, 1.54) is 12.1 Å². The van der Waals surface area contributed by atoms with Gasteiger partial charge in [-0.25, -0.2) is 9.37 Å². The standard InChI is InChI=1S/C17H15FN2O/c1-11(2)16-19-15-6-4-3-5-14(15)17(21)20(16)13-9-7-12(18)8-10-13/h3-11H,1-2H3. The molecule has 0 atom stereocenters. The maximum Gasteiger partial charge on any atom is 0.265 e. The Bertz CT molecular complexity index is 851. The number of nitrogens with zero attached hydrogens (tertiary/aromatic N) is 2. The number of hydrogen-bond donors (Lipinski definition) is 0. The molecule has 0 aliphatic carbocycles. The molecule has 2 aromatic carbocycles. The van der Waals surface area contributed by atoms with Crippen molar-refractivity contribution in [3.8, 4) is 5.69 Å². The molecule has 106 valence electrons. The Morgan fingerprint density at radius 1 is 1.05 bits per heavy atom. The summed E-state index contributed by atoms with van der Waals surface area (Å²) in [5.41, 5.74) is 1.18. The van der Waals surface area contributed by atoms with E-state index in [9.17, 15) is 9.18 Å². The van der Waals surface area contributed by atoms with Crippen molar-refractivity contribution < 1.29 is 4.39 Å². The van der Waals surface area contributed by atoms with E-state index in [1.54, 1.807) is 22.8 Å². The number of benzene rings is 2. The van der Waals surface area contributed by atoms with Gasteiger partial charge in [-0.05, 0) is 36.4 Å². The van der Waals surface area contributed by atoms with Gasteiger partial charge in [0.2, 0.25) is 0 Å². The van der Waals surface area contributed by atoms with E-state index in [1.807, 2.05) is 32.0 Å². The van der Waals surface area contributed by atoms with Gasteiger partial charge in [-0.15, -0.1) is 0 Å². The molecular weight excluding hydrogens is 267 g/mol. The lowest BCUT2D eigenvalue weighted by Gasteiger charge is -2.15. The zero-order valence-electron chi connectivity index (χ0n) is 11.9. The van der Waals surface area contributed by atoms with Crippen LogP contribution in [0, 0.1) is 5.82 Å². The minimum atomic E-state index is -0.327. The summed E-state index contributed by atoms with van der Waals surface area (Å²) in [4.78, 5) is 17.4. The summed E-state index contributed by atoms with van der Waals surface area (Å²) in [6.07, 6.45) is 0. The van der Waals surface area contributed by atoms with Gasteiger partial charge in [0, 0.05) is 5.92 Å². The highest BCUT2D eigenvalue weighted by Gasteiger charge is 2.14. The van der Waals surface area contributed by atoms with Crippen molar-refractivity contribution in [1.29, 1.82) is 0 Å². The van der Waals surface area contributed by atoms with Crippen molar-refractivity contribution in [2.75, 3.05) is 0 Å². The van der Waals surface area contributed by atoms with E-state index in [4.69, 9.17) is 0 Å². The molecule has 21 heavy (non-hydrogen) atoms. The monoisotopic (exact) mass is 282 g/mol. The normalized spacial score (nSPS) is 11.2. The van der Waals surface area contributed by atoms with Crippen LogP contribution in [0.2, 0.25) is 0 Å². The summed E-state index contributed by atoms with van der Waals surface area (Å²) in [7, 11) is 0. The van der Waals surface area contributed by atoms with Crippen molar-refractivity contribution in [1.82, 2.24) is 9.55 Å². The molecule has 0 radical (unpaired) electrons. The van der Waals surface area contributed by atoms with E-state index in [2.05, 4.69) is 4.98 Å². The molecule has 0 spiro atoms. The molecule has 0 bridgehead atoms. The zero-order chi connectivity index (χ0) is 15.0. The average Bonchev–Trinajstić information content (AvgIpc) is 2.48. The lowest BCUT2D eigenvalue weighted by Crippen LogP contribution is -2.24. The van der Waals surface area contributed by atoms with Gasteiger partial charge in [0.05, 0.1) is 16.6 Å². The van der Waals surface area contributed by atoms with Crippen LogP contribution in [0.4, 0.5) is 4.39 Å². The van der Waals surface area contributed by atoms with Crippen LogP contribution in [0.15, 0.2) is 53.3 Å². The van der Waals surface area contributed by atoms with Gasteiger partial charge in [-0.3, -0.25) is 9.36 Å². The van der Waals surface area contributed by atoms with Crippen LogP contribution in [-0.2, 0) is 0 Å².